The molecule has 2 aliphatic rings. The lowest BCUT2D eigenvalue weighted by molar-refractivity contribution is -0.125. The Morgan fingerprint density at radius 2 is 2.13 bits per heavy atom. The molecule has 0 aromatic heterocycles. The van der Waals surface area contributed by atoms with Gasteiger partial charge in [0.05, 0.1) is 11.3 Å². The van der Waals surface area contributed by atoms with E-state index in [2.05, 4.69) is 11.8 Å². The quantitative estimate of drug-likeness (QED) is 0.768. The molecule has 0 aliphatic carbocycles. The molecule has 0 N–H and O–H groups in total. The Kier molecular flexibility index (Phi) is 5.34. The number of rotatable bonds is 2. The predicted molar refractivity (Wildman–Crippen MR) is 83.3 cm³/mol. The topological polar surface area (TPSA) is 23.6 Å². The maximum Gasteiger partial charge on any atom is 0.418 e. The number of allylic oxidation sites excluding steroid dienone is 2. The molecule has 6 heteroatoms. The summed E-state index contributed by atoms with van der Waals surface area (Å²) in [4.78, 5) is 15.0. The second kappa shape index (κ2) is 6.91. The van der Waals surface area contributed by atoms with Crippen molar-refractivity contribution in [1.29, 1.82) is 0 Å². The fraction of sp³-hybridized carbons (Fsp3) is 0.588. The van der Waals surface area contributed by atoms with Crippen molar-refractivity contribution in [2.45, 2.75) is 39.8 Å². The molecule has 3 nitrogen and oxygen atoms in total. The highest BCUT2D eigenvalue weighted by Gasteiger charge is 2.40. The minimum absolute atomic E-state index is 0.0965. The zero-order valence-corrected chi connectivity index (χ0v) is 13.8. The van der Waals surface area contributed by atoms with Gasteiger partial charge in [-0.2, -0.15) is 13.2 Å². The maximum atomic E-state index is 13.3. The highest BCUT2D eigenvalue weighted by atomic mass is 19.4. The number of alkyl halides is 3. The standard InChI is InChI=1S/C17H23F3N2O/c1-4-16-15(17(18,19)20)8-14(11-22(16)13(3)23)10-21-7-5-6-12(2)9-21/h4,8,11-12H,5-7,9-10H2,1-3H3/b16-4-/t12-/m0/s1. The molecule has 0 unspecified atom stereocenters. The van der Waals surface area contributed by atoms with Gasteiger partial charge in [-0.05, 0) is 43.9 Å². The number of nitrogens with zero attached hydrogens (tertiary/aromatic N) is 2. The van der Waals surface area contributed by atoms with Crippen molar-refractivity contribution in [3.63, 3.8) is 0 Å². The van der Waals surface area contributed by atoms with Crippen LogP contribution in [0.1, 0.15) is 33.6 Å². The maximum absolute atomic E-state index is 13.3. The third-order valence-electron chi connectivity index (χ3n) is 4.23. The number of likely N-dealkylation sites (tertiary alicyclic amines) is 1. The van der Waals surface area contributed by atoms with Crippen LogP contribution in [0, 0.1) is 5.92 Å². The molecule has 2 rings (SSSR count). The van der Waals surface area contributed by atoms with E-state index in [1.807, 2.05) is 0 Å². The van der Waals surface area contributed by atoms with Gasteiger partial charge < -0.3 is 0 Å². The summed E-state index contributed by atoms with van der Waals surface area (Å²) >= 11 is 0. The molecule has 0 saturated carbocycles. The summed E-state index contributed by atoms with van der Waals surface area (Å²) in [6.45, 7) is 7.13. The second-order valence-corrected chi connectivity index (χ2v) is 6.31. The van der Waals surface area contributed by atoms with Gasteiger partial charge in [0.1, 0.15) is 0 Å². The van der Waals surface area contributed by atoms with E-state index in [0.717, 1.165) is 30.8 Å². The van der Waals surface area contributed by atoms with Crippen molar-refractivity contribution in [3.8, 4) is 0 Å². The average molecular weight is 328 g/mol. The average Bonchev–Trinajstić information content (AvgIpc) is 2.45. The van der Waals surface area contributed by atoms with Crippen molar-refractivity contribution >= 4 is 5.91 Å². The van der Waals surface area contributed by atoms with Gasteiger partial charge in [0.2, 0.25) is 5.91 Å². The molecule has 1 saturated heterocycles. The van der Waals surface area contributed by atoms with Gasteiger partial charge in [0, 0.05) is 26.2 Å². The Morgan fingerprint density at radius 3 is 2.65 bits per heavy atom. The van der Waals surface area contributed by atoms with Crippen molar-refractivity contribution < 1.29 is 18.0 Å². The number of halogens is 3. The third-order valence-corrected chi connectivity index (χ3v) is 4.23. The summed E-state index contributed by atoms with van der Waals surface area (Å²) in [5.41, 5.74) is -0.328. The number of carbonyl (C=O) groups excluding carboxylic acids is 1. The molecule has 2 aliphatic heterocycles. The van der Waals surface area contributed by atoms with Gasteiger partial charge in [0.15, 0.2) is 0 Å². The molecular weight excluding hydrogens is 305 g/mol. The first kappa shape index (κ1) is 17.8. The first-order chi connectivity index (χ1) is 10.7. The molecule has 2 heterocycles. The fourth-order valence-electron chi connectivity index (χ4n) is 3.22. The number of hydrogen-bond acceptors (Lipinski definition) is 2. The number of hydrogen-bond donors (Lipinski definition) is 0. The van der Waals surface area contributed by atoms with Crippen LogP contribution in [-0.4, -0.2) is 41.5 Å². The molecule has 0 aromatic rings. The Bertz CT molecular complexity index is 561. The predicted octanol–water partition coefficient (Wildman–Crippen LogP) is 3.86. The van der Waals surface area contributed by atoms with Gasteiger partial charge in [-0.1, -0.05) is 13.0 Å². The van der Waals surface area contributed by atoms with Crippen molar-refractivity contribution in [3.05, 3.63) is 35.2 Å². The zero-order chi connectivity index (χ0) is 17.2. The summed E-state index contributed by atoms with van der Waals surface area (Å²) in [5.74, 6) is 0.131. The highest BCUT2D eigenvalue weighted by Crippen LogP contribution is 2.37. The molecule has 0 spiro atoms. The van der Waals surface area contributed by atoms with E-state index in [1.54, 1.807) is 0 Å². The smallest absolute Gasteiger partial charge is 0.299 e. The van der Waals surface area contributed by atoms with E-state index in [4.69, 9.17) is 0 Å². The molecular formula is C17H23F3N2O. The number of carbonyl (C=O) groups is 1. The Balaban J connectivity index is 2.30. The van der Waals surface area contributed by atoms with Gasteiger partial charge in [0.25, 0.3) is 0 Å². The summed E-state index contributed by atoms with van der Waals surface area (Å²) in [5, 5.41) is 0. The molecule has 128 valence electrons. The summed E-state index contributed by atoms with van der Waals surface area (Å²) in [6, 6.07) is 0. The van der Waals surface area contributed by atoms with E-state index in [9.17, 15) is 18.0 Å². The summed E-state index contributed by atoms with van der Waals surface area (Å²) in [6.07, 6.45) is 1.77. The van der Waals surface area contributed by atoms with E-state index in [-0.39, 0.29) is 5.70 Å². The van der Waals surface area contributed by atoms with Crippen LogP contribution in [0.15, 0.2) is 35.2 Å². The minimum Gasteiger partial charge on any atom is -0.299 e. The van der Waals surface area contributed by atoms with E-state index >= 15 is 0 Å². The fourth-order valence-corrected chi connectivity index (χ4v) is 3.22. The lowest BCUT2D eigenvalue weighted by Crippen LogP contribution is -2.37. The molecule has 0 bridgehead atoms. The lowest BCUT2D eigenvalue weighted by Gasteiger charge is -2.34. The normalized spacial score (nSPS) is 25.4. The molecule has 1 fully saturated rings. The van der Waals surface area contributed by atoms with Crippen LogP contribution in [-0.2, 0) is 4.79 Å². The van der Waals surface area contributed by atoms with Crippen molar-refractivity contribution in [1.82, 2.24) is 9.80 Å². The summed E-state index contributed by atoms with van der Waals surface area (Å²) < 4.78 is 40.0. The number of piperidine rings is 1. The molecule has 1 amide bonds. The van der Waals surface area contributed by atoms with Crippen molar-refractivity contribution in [2.75, 3.05) is 19.6 Å². The third kappa shape index (κ3) is 4.25. The Labute approximate surface area is 135 Å². The van der Waals surface area contributed by atoms with Crippen molar-refractivity contribution in [2.24, 2.45) is 5.92 Å². The molecule has 0 radical (unpaired) electrons. The van der Waals surface area contributed by atoms with Gasteiger partial charge in [-0.15, -0.1) is 0 Å². The van der Waals surface area contributed by atoms with E-state index in [1.165, 1.54) is 32.2 Å². The molecule has 1 atom stereocenters. The minimum atomic E-state index is -4.48. The van der Waals surface area contributed by atoms with Gasteiger partial charge >= 0.3 is 6.18 Å². The van der Waals surface area contributed by atoms with Gasteiger partial charge in [-0.3, -0.25) is 14.6 Å². The zero-order valence-electron chi connectivity index (χ0n) is 13.8. The first-order valence-electron chi connectivity index (χ1n) is 7.90. The first-order valence-corrected chi connectivity index (χ1v) is 7.90. The highest BCUT2D eigenvalue weighted by molar-refractivity contribution is 5.79. The Morgan fingerprint density at radius 1 is 1.43 bits per heavy atom. The molecule has 0 aromatic carbocycles. The monoisotopic (exact) mass is 328 g/mol. The second-order valence-electron chi connectivity index (χ2n) is 6.31. The van der Waals surface area contributed by atoms with Crippen LogP contribution >= 0.6 is 0 Å². The van der Waals surface area contributed by atoms with Crippen LogP contribution in [0.25, 0.3) is 0 Å². The number of amides is 1. The van der Waals surface area contributed by atoms with Crippen LogP contribution in [0.5, 0.6) is 0 Å². The van der Waals surface area contributed by atoms with E-state index < -0.39 is 17.7 Å². The SMILES string of the molecule is C/C=C1/C(C(F)(F)F)=CC(CN2CCC[C@H](C)C2)=CN1C(C)=O. The van der Waals surface area contributed by atoms with Crippen LogP contribution in [0.3, 0.4) is 0 Å². The lowest BCUT2D eigenvalue weighted by atomic mass is 9.98. The molecule has 23 heavy (non-hydrogen) atoms. The van der Waals surface area contributed by atoms with Gasteiger partial charge in [-0.25, -0.2) is 0 Å². The summed E-state index contributed by atoms with van der Waals surface area (Å²) in [7, 11) is 0. The Hall–Kier alpha value is -1.56. The van der Waals surface area contributed by atoms with E-state index in [0.29, 0.717) is 18.0 Å². The van der Waals surface area contributed by atoms with Crippen LogP contribution < -0.4 is 0 Å². The van der Waals surface area contributed by atoms with Crippen LogP contribution in [0.2, 0.25) is 0 Å². The largest absolute Gasteiger partial charge is 0.418 e. The van der Waals surface area contributed by atoms with Crippen LogP contribution in [0.4, 0.5) is 13.2 Å².